The van der Waals surface area contributed by atoms with E-state index in [1.54, 1.807) is 24.5 Å². The molecule has 1 atom stereocenters. The predicted octanol–water partition coefficient (Wildman–Crippen LogP) is 1.90. The van der Waals surface area contributed by atoms with Crippen LogP contribution in [0, 0.1) is 6.92 Å². The van der Waals surface area contributed by atoms with Crippen molar-refractivity contribution in [1.82, 2.24) is 19.9 Å². The van der Waals surface area contributed by atoms with Gasteiger partial charge in [0, 0.05) is 37.4 Å². The summed E-state index contributed by atoms with van der Waals surface area (Å²) in [5.74, 6) is 3.26. The van der Waals surface area contributed by atoms with E-state index in [1.165, 1.54) is 0 Å². The fourth-order valence-corrected chi connectivity index (χ4v) is 3.54. The number of hydrogen-bond donors (Lipinski definition) is 1. The van der Waals surface area contributed by atoms with Crippen molar-refractivity contribution in [3.05, 3.63) is 42.1 Å². The van der Waals surface area contributed by atoms with E-state index in [9.17, 15) is 4.79 Å². The van der Waals surface area contributed by atoms with E-state index >= 15 is 0 Å². The molecule has 23 heavy (non-hydrogen) atoms. The van der Waals surface area contributed by atoms with Gasteiger partial charge in [-0.2, -0.15) is 11.8 Å². The lowest BCUT2D eigenvalue weighted by Crippen LogP contribution is -2.28. The second kappa shape index (κ2) is 7.50. The minimum atomic E-state index is -0.156. The Labute approximate surface area is 139 Å². The molecule has 0 unspecified atom stereocenters. The van der Waals surface area contributed by atoms with Crippen molar-refractivity contribution in [3.8, 4) is 5.88 Å². The molecule has 6 nitrogen and oxygen atoms in total. The zero-order valence-electron chi connectivity index (χ0n) is 13.1. The van der Waals surface area contributed by atoms with Gasteiger partial charge in [0.15, 0.2) is 0 Å². The lowest BCUT2D eigenvalue weighted by Gasteiger charge is -2.14. The maximum Gasteiger partial charge on any atom is 0.256 e. The number of carbonyl (C=O) groups is 1. The van der Waals surface area contributed by atoms with Gasteiger partial charge in [0.2, 0.25) is 5.88 Å². The number of aryl methyl sites for hydroxylation is 1. The fourth-order valence-electron chi connectivity index (χ4n) is 2.45. The Hall–Kier alpha value is -2.02. The molecule has 1 aliphatic heterocycles. The molecule has 7 heteroatoms. The summed E-state index contributed by atoms with van der Waals surface area (Å²) in [7, 11) is 0. The first-order valence-electron chi connectivity index (χ1n) is 7.69. The van der Waals surface area contributed by atoms with Crippen molar-refractivity contribution >= 4 is 17.7 Å². The van der Waals surface area contributed by atoms with Gasteiger partial charge in [-0.15, -0.1) is 0 Å². The third kappa shape index (κ3) is 4.04. The second-order valence-electron chi connectivity index (χ2n) is 5.38. The molecule has 3 heterocycles. The number of imidazole rings is 1. The smallest absolute Gasteiger partial charge is 0.256 e. The summed E-state index contributed by atoms with van der Waals surface area (Å²) in [6, 6.07) is 3.51. The molecule has 0 aliphatic carbocycles. The molecule has 1 amide bonds. The van der Waals surface area contributed by atoms with Gasteiger partial charge in [-0.1, -0.05) is 0 Å². The van der Waals surface area contributed by atoms with Crippen LogP contribution in [0.25, 0.3) is 0 Å². The molecular weight excluding hydrogens is 312 g/mol. The number of hydrogen-bond acceptors (Lipinski definition) is 5. The molecule has 0 spiro atoms. The van der Waals surface area contributed by atoms with Crippen LogP contribution in [0.15, 0.2) is 30.7 Å². The number of amides is 1. The average molecular weight is 332 g/mol. The Balaban J connectivity index is 1.59. The molecule has 1 fully saturated rings. The van der Waals surface area contributed by atoms with E-state index in [0.717, 1.165) is 23.8 Å². The van der Waals surface area contributed by atoms with Crippen LogP contribution in [0.2, 0.25) is 0 Å². The normalized spacial score (nSPS) is 17.2. The molecule has 1 saturated heterocycles. The maximum absolute atomic E-state index is 12.4. The monoisotopic (exact) mass is 332 g/mol. The first-order valence-corrected chi connectivity index (χ1v) is 8.85. The van der Waals surface area contributed by atoms with Gasteiger partial charge in [0.1, 0.15) is 17.5 Å². The van der Waals surface area contributed by atoms with E-state index in [1.807, 2.05) is 29.4 Å². The Morgan fingerprint density at radius 2 is 2.39 bits per heavy atom. The van der Waals surface area contributed by atoms with Crippen LogP contribution < -0.4 is 10.1 Å². The Morgan fingerprint density at radius 3 is 3.13 bits per heavy atom. The Kier molecular flexibility index (Phi) is 5.17. The van der Waals surface area contributed by atoms with Gasteiger partial charge in [-0.05, 0) is 31.2 Å². The van der Waals surface area contributed by atoms with Crippen LogP contribution in [-0.2, 0) is 6.54 Å². The van der Waals surface area contributed by atoms with Gasteiger partial charge < -0.3 is 14.6 Å². The quantitative estimate of drug-likeness (QED) is 0.875. The van der Waals surface area contributed by atoms with Gasteiger partial charge in [-0.3, -0.25) is 4.79 Å². The number of thioether (sulfide) groups is 1. The van der Waals surface area contributed by atoms with Crippen molar-refractivity contribution in [3.63, 3.8) is 0 Å². The molecule has 3 rings (SSSR count). The summed E-state index contributed by atoms with van der Waals surface area (Å²) in [6.45, 7) is 3.16. The van der Waals surface area contributed by atoms with Crippen LogP contribution in [0.1, 0.15) is 22.6 Å². The largest absolute Gasteiger partial charge is 0.473 e. The Morgan fingerprint density at radius 1 is 1.48 bits per heavy atom. The summed E-state index contributed by atoms with van der Waals surface area (Å²) in [5, 5.41) is 2.92. The molecular formula is C16H20N4O2S. The molecule has 122 valence electrons. The standard InChI is InChI=1S/C16H20N4O2S/c1-12-17-6-8-20(12)9-7-18-15(21)14-3-2-5-19-16(14)22-13-4-10-23-11-13/h2-3,5-6,8,13H,4,7,9-11H2,1H3,(H,18,21)/t13-/m0/s1. The van der Waals surface area contributed by atoms with Crippen molar-refractivity contribution in [2.75, 3.05) is 18.1 Å². The van der Waals surface area contributed by atoms with Gasteiger partial charge >= 0.3 is 0 Å². The number of nitrogens with zero attached hydrogens (tertiary/aromatic N) is 3. The molecule has 1 N–H and O–H groups in total. The lowest BCUT2D eigenvalue weighted by molar-refractivity contribution is 0.0944. The van der Waals surface area contributed by atoms with E-state index in [4.69, 9.17) is 4.74 Å². The van der Waals surface area contributed by atoms with Crippen LogP contribution >= 0.6 is 11.8 Å². The Bertz CT molecular complexity index is 668. The summed E-state index contributed by atoms with van der Waals surface area (Å²) >= 11 is 1.87. The number of aromatic nitrogens is 3. The zero-order chi connectivity index (χ0) is 16.1. The first-order chi connectivity index (χ1) is 11.2. The topological polar surface area (TPSA) is 69.0 Å². The van der Waals surface area contributed by atoms with Crippen LogP contribution in [-0.4, -0.2) is 44.6 Å². The summed E-state index contributed by atoms with van der Waals surface area (Å²) in [6.07, 6.45) is 6.46. The number of rotatable bonds is 6. The molecule has 2 aromatic heterocycles. The maximum atomic E-state index is 12.4. The van der Waals surface area contributed by atoms with Crippen molar-refractivity contribution in [2.24, 2.45) is 0 Å². The number of carbonyl (C=O) groups excluding carboxylic acids is 1. The fraction of sp³-hybridized carbons (Fsp3) is 0.438. The molecule has 0 aromatic carbocycles. The van der Waals surface area contributed by atoms with Crippen molar-refractivity contribution in [2.45, 2.75) is 26.0 Å². The molecule has 0 bridgehead atoms. The SMILES string of the molecule is Cc1nccn1CCNC(=O)c1cccnc1O[C@H]1CCSC1. The van der Waals surface area contributed by atoms with Crippen LogP contribution in [0.3, 0.4) is 0 Å². The highest BCUT2D eigenvalue weighted by Gasteiger charge is 2.21. The second-order valence-corrected chi connectivity index (χ2v) is 6.53. The van der Waals surface area contributed by atoms with Gasteiger partial charge in [0.05, 0.1) is 0 Å². The number of nitrogens with one attached hydrogen (secondary N) is 1. The van der Waals surface area contributed by atoms with Crippen LogP contribution in [0.5, 0.6) is 5.88 Å². The number of pyridine rings is 1. The first kappa shape index (κ1) is 15.9. The third-order valence-electron chi connectivity index (χ3n) is 3.74. The van der Waals surface area contributed by atoms with E-state index < -0.39 is 0 Å². The highest BCUT2D eigenvalue weighted by atomic mass is 32.2. The van der Waals surface area contributed by atoms with Crippen molar-refractivity contribution in [1.29, 1.82) is 0 Å². The van der Waals surface area contributed by atoms with Crippen molar-refractivity contribution < 1.29 is 9.53 Å². The molecule has 2 aromatic rings. The van der Waals surface area contributed by atoms with Gasteiger partial charge in [-0.25, -0.2) is 9.97 Å². The third-order valence-corrected chi connectivity index (χ3v) is 4.88. The van der Waals surface area contributed by atoms with E-state index in [2.05, 4.69) is 15.3 Å². The highest BCUT2D eigenvalue weighted by molar-refractivity contribution is 7.99. The van der Waals surface area contributed by atoms with E-state index in [0.29, 0.717) is 24.5 Å². The number of ether oxygens (including phenoxy) is 1. The minimum Gasteiger partial charge on any atom is -0.473 e. The lowest BCUT2D eigenvalue weighted by atomic mass is 10.2. The summed E-state index contributed by atoms with van der Waals surface area (Å²) in [4.78, 5) is 20.8. The summed E-state index contributed by atoms with van der Waals surface area (Å²) < 4.78 is 7.89. The molecule has 1 aliphatic rings. The average Bonchev–Trinajstić information content (AvgIpc) is 3.20. The molecule has 0 saturated carbocycles. The minimum absolute atomic E-state index is 0.148. The van der Waals surface area contributed by atoms with Crippen LogP contribution in [0.4, 0.5) is 0 Å². The van der Waals surface area contributed by atoms with E-state index in [-0.39, 0.29) is 12.0 Å². The summed E-state index contributed by atoms with van der Waals surface area (Å²) in [5.41, 5.74) is 0.492. The molecule has 0 radical (unpaired) electrons. The van der Waals surface area contributed by atoms with Gasteiger partial charge in [0.25, 0.3) is 5.91 Å². The zero-order valence-corrected chi connectivity index (χ0v) is 13.9. The predicted molar refractivity (Wildman–Crippen MR) is 89.9 cm³/mol. The highest BCUT2D eigenvalue weighted by Crippen LogP contribution is 2.24.